The summed E-state index contributed by atoms with van der Waals surface area (Å²) in [6, 6.07) is 18.1. The third kappa shape index (κ3) is 5.11. The molecule has 1 aromatic heterocycles. The van der Waals surface area contributed by atoms with Crippen molar-refractivity contribution >= 4 is 5.91 Å². The van der Waals surface area contributed by atoms with Crippen LogP contribution in [0.1, 0.15) is 47.9 Å². The van der Waals surface area contributed by atoms with Crippen LogP contribution < -0.4 is 4.74 Å². The Morgan fingerprint density at radius 3 is 2.51 bits per heavy atom. The van der Waals surface area contributed by atoms with E-state index in [2.05, 4.69) is 41.1 Å². The maximum Gasteiger partial charge on any atom is 0.273 e. The number of ether oxygens (including phenoxy) is 2. The summed E-state index contributed by atoms with van der Waals surface area (Å²) in [4.78, 5) is 17.9. The van der Waals surface area contributed by atoms with Crippen LogP contribution in [0, 0.1) is 5.92 Å². The Balaban J connectivity index is 1.44. The molecule has 0 bridgehead atoms. The number of carbonyl (C=O) groups is 1. The number of amides is 1. The van der Waals surface area contributed by atoms with E-state index in [0.29, 0.717) is 24.8 Å². The lowest BCUT2D eigenvalue weighted by molar-refractivity contribution is 0.0316. The molecule has 5 rings (SSSR count). The van der Waals surface area contributed by atoms with Crippen LogP contribution in [-0.2, 0) is 4.74 Å². The zero-order valence-electron chi connectivity index (χ0n) is 20.6. The van der Waals surface area contributed by atoms with E-state index in [1.54, 1.807) is 0 Å². The number of fused-ring (bicyclic) bond motifs is 1. The van der Waals surface area contributed by atoms with Crippen molar-refractivity contribution in [1.29, 1.82) is 0 Å². The van der Waals surface area contributed by atoms with Crippen molar-refractivity contribution in [2.24, 2.45) is 5.92 Å². The Kier molecular flexibility index (Phi) is 7.16. The number of rotatable bonds is 9. The van der Waals surface area contributed by atoms with Gasteiger partial charge in [0.1, 0.15) is 11.4 Å². The predicted octanol–water partition coefficient (Wildman–Crippen LogP) is 4.38. The number of nitrogens with zero attached hydrogens (tertiary/aromatic N) is 3. The standard InChI is InChI=1S/C28H34N4O3/c1-20(2)12-17-35-23-10-8-22(9-11-23)27-24-25(21-6-4-3-5-7-21)29-30-26(24)28(33)32(27)14-13-31-15-18-34-19-16-31/h3-11,20,27H,12-19H2,1-2H3,(H,29,30). The first-order valence-corrected chi connectivity index (χ1v) is 12.6. The predicted molar refractivity (Wildman–Crippen MR) is 136 cm³/mol. The fraction of sp³-hybridized carbons (Fsp3) is 0.429. The molecule has 0 aliphatic carbocycles. The van der Waals surface area contributed by atoms with E-state index in [1.807, 2.05) is 47.4 Å². The molecular formula is C28H34N4O3. The van der Waals surface area contributed by atoms with E-state index in [0.717, 1.165) is 67.4 Å². The van der Waals surface area contributed by atoms with Gasteiger partial charge in [0.15, 0.2) is 0 Å². The van der Waals surface area contributed by atoms with E-state index < -0.39 is 0 Å². The Morgan fingerprint density at radius 2 is 1.80 bits per heavy atom. The van der Waals surface area contributed by atoms with Crippen LogP contribution in [0.15, 0.2) is 54.6 Å². The maximum atomic E-state index is 13.6. The second-order valence-corrected chi connectivity index (χ2v) is 9.68. The maximum absolute atomic E-state index is 13.6. The molecule has 1 atom stereocenters. The minimum atomic E-state index is -0.197. The third-order valence-electron chi connectivity index (χ3n) is 6.83. The number of carbonyl (C=O) groups excluding carboxylic acids is 1. The normalized spacial score (nSPS) is 18.3. The molecule has 3 heterocycles. The summed E-state index contributed by atoms with van der Waals surface area (Å²) in [5.41, 5.74) is 4.45. The van der Waals surface area contributed by atoms with Crippen LogP contribution in [0.4, 0.5) is 0 Å². The lowest BCUT2D eigenvalue weighted by Crippen LogP contribution is -2.42. The van der Waals surface area contributed by atoms with Gasteiger partial charge in [0.25, 0.3) is 5.91 Å². The lowest BCUT2D eigenvalue weighted by atomic mass is 9.96. The van der Waals surface area contributed by atoms with Crippen LogP contribution in [-0.4, -0.2) is 71.9 Å². The Bertz CT molecular complexity index is 1120. The number of aromatic nitrogens is 2. The van der Waals surface area contributed by atoms with Gasteiger partial charge in [-0.1, -0.05) is 56.3 Å². The third-order valence-corrected chi connectivity index (χ3v) is 6.83. The highest BCUT2D eigenvalue weighted by atomic mass is 16.5. The van der Waals surface area contributed by atoms with Crippen LogP contribution >= 0.6 is 0 Å². The van der Waals surface area contributed by atoms with Gasteiger partial charge in [-0.25, -0.2) is 0 Å². The molecule has 0 saturated carbocycles. The number of H-pyrrole nitrogens is 1. The highest BCUT2D eigenvalue weighted by molar-refractivity contribution is 6.00. The summed E-state index contributed by atoms with van der Waals surface area (Å²) in [7, 11) is 0. The van der Waals surface area contributed by atoms with E-state index in [4.69, 9.17) is 9.47 Å². The van der Waals surface area contributed by atoms with Gasteiger partial charge < -0.3 is 14.4 Å². The summed E-state index contributed by atoms with van der Waals surface area (Å²) in [5.74, 6) is 1.47. The molecule has 3 aromatic rings. The molecule has 7 nitrogen and oxygen atoms in total. The first-order chi connectivity index (χ1) is 17.1. The summed E-state index contributed by atoms with van der Waals surface area (Å²) >= 11 is 0. The molecule has 1 amide bonds. The van der Waals surface area contributed by atoms with Crippen molar-refractivity contribution in [3.05, 3.63) is 71.4 Å². The van der Waals surface area contributed by atoms with Crippen molar-refractivity contribution in [2.45, 2.75) is 26.3 Å². The van der Waals surface area contributed by atoms with Crippen molar-refractivity contribution in [2.75, 3.05) is 46.0 Å². The SMILES string of the molecule is CC(C)CCOc1ccc(C2c3c(-c4ccccc4)n[nH]c3C(=O)N2CCN2CCOCC2)cc1. The summed E-state index contributed by atoms with van der Waals surface area (Å²) < 4.78 is 11.4. The van der Waals surface area contributed by atoms with Gasteiger partial charge in [0.05, 0.1) is 31.6 Å². The van der Waals surface area contributed by atoms with Crippen molar-refractivity contribution in [3.8, 4) is 17.0 Å². The molecule has 35 heavy (non-hydrogen) atoms. The average molecular weight is 475 g/mol. The monoisotopic (exact) mass is 474 g/mol. The minimum Gasteiger partial charge on any atom is -0.494 e. The van der Waals surface area contributed by atoms with E-state index >= 15 is 0 Å². The van der Waals surface area contributed by atoms with E-state index in [9.17, 15) is 4.79 Å². The van der Waals surface area contributed by atoms with Crippen LogP contribution in [0.25, 0.3) is 11.3 Å². The molecule has 1 fully saturated rings. The van der Waals surface area contributed by atoms with Gasteiger partial charge in [-0.05, 0) is 30.0 Å². The van der Waals surface area contributed by atoms with E-state index in [1.165, 1.54) is 0 Å². The van der Waals surface area contributed by atoms with Crippen LogP contribution in [0.5, 0.6) is 5.75 Å². The van der Waals surface area contributed by atoms with Gasteiger partial charge in [0.2, 0.25) is 0 Å². The molecule has 1 saturated heterocycles. The molecular weight excluding hydrogens is 440 g/mol. The second kappa shape index (κ2) is 10.6. The van der Waals surface area contributed by atoms with Gasteiger partial charge >= 0.3 is 0 Å². The van der Waals surface area contributed by atoms with Crippen molar-refractivity contribution in [1.82, 2.24) is 20.0 Å². The second-order valence-electron chi connectivity index (χ2n) is 9.68. The summed E-state index contributed by atoms with van der Waals surface area (Å²) in [6.07, 6.45) is 1.02. The number of hydrogen-bond donors (Lipinski definition) is 1. The molecule has 184 valence electrons. The van der Waals surface area contributed by atoms with Gasteiger partial charge in [0, 0.05) is 37.3 Å². The highest BCUT2D eigenvalue weighted by Gasteiger charge is 2.42. The smallest absolute Gasteiger partial charge is 0.273 e. The number of morpholine rings is 1. The van der Waals surface area contributed by atoms with Crippen LogP contribution in [0.2, 0.25) is 0 Å². The number of benzene rings is 2. The van der Waals surface area contributed by atoms with Crippen molar-refractivity contribution < 1.29 is 14.3 Å². The average Bonchev–Trinajstić information content (AvgIpc) is 3.43. The molecule has 2 aliphatic heterocycles. The fourth-order valence-corrected chi connectivity index (χ4v) is 4.82. The Hall–Kier alpha value is -3.16. The number of hydrogen-bond acceptors (Lipinski definition) is 5. The number of nitrogens with one attached hydrogen (secondary N) is 1. The fourth-order valence-electron chi connectivity index (χ4n) is 4.82. The molecule has 1 unspecified atom stereocenters. The Morgan fingerprint density at radius 1 is 1.06 bits per heavy atom. The topological polar surface area (TPSA) is 70.7 Å². The number of aromatic amines is 1. The molecule has 2 aliphatic rings. The molecule has 1 N–H and O–H groups in total. The molecule has 0 radical (unpaired) electrons. The molecule has 7 heteroatoms. The zero-order chi connectivity index (χ0) is 24.2. The lowest BCUT2D eigenvalue weighted by Gasteiger charge is -2.31. The van der Waals surface area contributed by atoms with Crippen molar-refractivity contribution in [3.63, 3.8) is 0 Å². The van der Waals surface area contributed by atoms with Crippen LogP contribution in [0.3, 0.4) is 0 Å². The van der Waals surface area contributed by atoms with E-state index in [-0.39, 0.29) is 11.9 Å². The Labute approximate surface area is 207 Å². The first kappa shape index (κ1) is 23.6. The van der Waals surface area contributed by atoms with Gasteiger partial charge in [-0.3, -0.25) is 14.8 Å². The summed E-state index contributed by atoms with van der Waals surface area (Å²) in [5, 5.41) is 7.62. The summed E-state index contributed by atoms with van der Waals surface area (Å²) in [6.45, 7) is 9.85. The first-order valence-electron chi connectivity index (χ1n) is 12.6. The highest BCUT2D eigenvalue weighted by Crippen LogP contribution is 2.42. The van der Waals surface area contributed by atoms with Gasteiger partial charge in [-0.15, -0.1) is 0 Å². The van der Waals surface area contributed by atoms with Gasteiger partial charge in [-0.2, -0.15) is 5.10 Å². The minimum absolute atomic E-state index is 0.00482. The zero-order valence-corrected chi connectivity index (χ0v) is 20.6. The molecule has 2 aromatic carbocycles. The molecule has 0 spiro atoms. The largest absolute Gasteiger partial charge is 0.494 e. The quantitative estimate of drug-likeness (QED) is 0.498.